The normalized spacial score (nSPS) is 20.3. The van der Waals surface area contributed by atoms with Crippen molar-refractivity contribution >= 4 is 17.3 Å². The molecule has 1 aliphatic carbocycles. The number of allylic oxidation sites excluding steroid dienone is 1. The third-order valence-corrected chi connectivity index (χ3v) is 5.04. The lowest BCUT2D eigenvalue weighted by Crippen LogP contribution is -2.29. The highest BCUT2D eigenvalue weighted by molar-refractivity contribution is 6.22. The van der Waals surface area contributed by atoms with E-state index in [4.69, 9.17) is 0 Å². The van der Waals surface area contributed by atoms with Gasteiger partial charge in [-0.15, -0.1) is 0 Å². The van der Waals surface area contributed by atoms with E-state index in [2.05, 4.69) is 36.1 Å². The first-order valence-electron chi connectivity index (χ1n) is 9.49. The number of hydrogen-bond donors (Lipinski definition) is 0. The van der Waals surface area contributed by atoms with Gasteiger partial charge in [-0.1, -0.05) is 17.7 Å². The van der Waals surface area contributed by atoms with Crippen molar-refractivity contribution in [1.29, 1.82) is 0 Å². The fraction of sp³-hybridized carbons (Fsp3) is 0.429. The molecule has 3 aliphatic heterocycles. The van der Waals surface area contributed by atoms with Gasteiger partial charge in [0.05, 0.1) is 5.70 Å². The highest BCUT2D eigenvalue weighted by atomic mass is 16.1. The molecule has 0 unspecified atom stereocenters. The van der Waals surface area contributed by atoms with Crippen molar-refractivity contribution in [3.63, 3.8) is 0 Å². The first-order valence-corrected chi connectivity index (χ1v) is 9.49. The summed E-state index contributed by atoms with van der Waals surface area (Å²) in [7, 11) is 4.09. The van der Waals surface area contributed by atoms with E-state index < -0.39 is 0 Å². The topological polar surface area (TPSA) is 46.4 Å². The third-order valence-electron chi connectivity index (χ3n) is 5.04. The van der Waals surface area contributed by atoms with Crippen LogP contribution in [0.1, 0.15) is 5.56 Å². The molecule has 0 saturated carbocycles. The first kappa shape index (κ1) is 17.6. The van der Waals surface area contributed by atoms with E-state index in [1.807, 2.05) is 28.8 Å². The largest absolute Gasteiger partial charge is 0.378 e. The number of rotatable bonds is 4. The van der Waals surface area contributed by atoms with Gasteiger partial charge < -0.3 is 19.6 Å². The van der Waals surface area contributed by atoms with E-state index in [0.29, 0.717) is 17.1 Å². The third kappa shape index (κ3) is 3.84. The molecule has 5 rings (SSSR count). The van der Waals surface area contributed by atoms with Crippen molar-refractivity contribution < 1.29 is 9.59 Å². The zero-order valence-electron chi connectivity index (χ0n) is 16.2. The number of anilines is 1. The Kier molecular flexibility index (Phi) is 4.42. The summed E-state index contributed by atoms with van der Waals surface area (Å²) in [4.78, 5) is 32.6. The quantitative estimate of drug-likeness (QED) is 0.590. The molecule has 4 aliphatic rings. The molecule has 0 atom stereocenters. The Bertz CT molecular complexity index is 826. The number of benzene rings is 1. The molecule has 0 radical (unpaired) electrons. The Morgan fingerprint density at radius 3 is 1.78 bits per heavy atom. The predicted molar refractivity (Wildman–Crippen MR) is 105 cm³/mol. The minimum Gasteiger partial charge on any atom is -0.378 e. The highest BCUT2D eigenvalue weighted by Gasteiger charge is 2.43. The lowest BCUT2D eigenvalue weighted by Gasteiger charge is -2.21. The molecule has 0 aromatic heterocycles. The lowest BCUT2D eigenvalue weighted by atomic mass is 10.0. The van der Waals surface area contributed by atoms with Gasteiger partial charge in [0, 0.05) is 65.1 Å². The van der Waals surface area contributed by atoms with Crippen LogP contribution in [-0.2, 0) is 9.59 Å². The molecular formula is C21H26N4O2. The summed E-state index contributed by atoms with van der Waals surface area (Å²) < 4.78 is 0. The Labute approximate surface area is 160 Å². The molecule has 6 nitrogen and oxygen atoms in total. The van der Waals surface area contributed by atoms with Crippen LogP contribution in [0.3, 0.4) is 0 Å². The van der Waals surface area contributed by atoms with Crippen LogP contribution < -0.4 is 4.90 Å². The summed E-state index contributed by atoms with van der Waals surface area (Å²) in [6.07, 6.45) is 1.52. The molecular weight excluding hydrogens is 340 g/mol. The molecule has 1 aromatic carbocycles. The number of ketones is 2. The van der Waals surface area contributed by atoms with Gasteiger partial charge in [-0.2, -0.15) is 0 Å². The lowest BCUT2D eigenvalue weighted by molar-refractivity contribution is -0.117. The second kappa shape index (κ2) is 6.76. The molecule has 3 heterocycles. The maximum absolute atomic E-state index is 12.4. The van der Waals surface area contributed by atoms with Gasteiger partial charge in [-0.3, -0.25) is 9.59 Å². The van der Waals surface area contributed by atoms with E-state index in [9.17, 15) is 9.59 Å². The molecule has 1 aromatic rings. The Morgan fingerprint density at radius 2 is 1.30 bits per heavy atom. The summed E-state index contributed by atoms with van der Waals surface area (Å²) >= 11 is 0. The number of nitrogens with zero attached hydrogens (tertiary/aromatic N) is 4. The summed E-state index contributed by atoms with van der Waals surface area (Å²) in [5.74, 6) is 0.0485. The van der Waals surface area contributed by atoms with Crippen molar-refractivity contribution in [2.45, 2.75) is 6.92 Å². The van der Waals surface area contributed by atoms with E-state index in [-0.39, 0.29) is 11.6 Å². The number of Topliss-reactive ketones (excluding diaryl/α,β-unsaturated/α-hetero) is 1. The molecule has 0 spiro atoms. The summed E-state index contributed by atoms with van der Waals surface area (Å²) in [6.45, 7) is 7.50. The van der Waals surface area contributed by atoms with Gasteiger partial charge in [0.25, 0.3) is 0 Å². The smallest absolute Gasteiger partial charge is 0.227 e. The minimum atomic E-state index is 0.00546. The van der Waals surface area contributed by atoms with Crippen LogP contribution in [0.15, 0.2) is 47.4 Å². The van der Waals surface area contributed by atoms with E-state index in [1.165, 1.54) is 17.3 Å². The van der Waals surface area contributed by atoms with Crippen molar-refractivity contribution in [3.05, 3.63) is 53.0 Å². The van der Waals surface area contributed by atoms with Crippen molar-refractivity contribution in [2.24, 2.45) is 0 Å². The molecule has 142 valence electrons. The van der Waals surface area contributed by atoms with Crippen LogP contribution in [0, 0.1) is 6.92 Å². The first-order chi connectivity index (χ1) is 13.0. The van der Waals surface area contributed by atoms with Gasteiger partial charge in [0.1, 0.15) is 11.4 Å². The van der Waals surface area contributed by atoms with Crippen LogP contribution >= 0.6 is 0 Å². The van der Waals surface area contributed by atoms with Gasteiger partial charge in [-0.25, -0.2) is 0 Å². The average molecular weight is 366 g/mol. The molecule has 0 amide bonds. The van der Waals surface area contributed by atoms with Gasteiger partial charge in [-0.05, 0) is 19.1 Å². The summed E-state index contributed by atoms with van der Waals surface area (Å²) in [5.41, 5.74) is 4.45. The highest BCUT2D eigenvalue weighted by Crippen LogP contribution is 2.33. The number of aryl methyl sites for hydroxylation is 1. The maximum atomic E-state index is 12.4. The van der Waals surface area contributed by atoms with Crippen LogP contribution in [0.5, 0.6) is 0 Å². The van der Waals surface area contributed by atoms with Crippen molar-refractivity contribution in [2.75, 3.05) is 58.3 Å². The van der Waals surface area contributed by atoms with Crippen LogP contribution in [0.2, 0.25) is 0 Å². The Morgan fingerprint density at radius 1 is 0.778 bits per heavy atom. The molecule has 3 saturated heterocycles. The van der Waals surface area contributed by atoms with Gasteiger partial charge in [0.2, 0.25) is 11.6 Å². The van der Waals surface area contributed by atoms with Crippen LogP contribution in [-0.4, -0.2) is 79.6 Å². The van der Waals surface area contributed by atoms with E-state index in [0.717, 1.165) is 39.3 Å². The van der Waals surface area contributed by atoms with Crippen molar-refractivity contribution in [1.82, 2.24) is 14.7 Å². The molecule has 3 fully saturated rings. The zero-order valence-corrected chi connectivity index (χ0v) is 16.2. The molecule has 0 N–H and O–H groups in total. The second-order valence-corrected chi connectivity index (χ2v) is 7.61. The van der Waals surface area contributed by atoms with Crippen LogP contribution in [0.4, 0.5) is 5.69 Å². The summed E-state index contributed by atoms with van der Waals surface area (Å²) in [6, 6.07) is 8.48. The maximum Gasteiger partial charge on any atom is 0.227 e. The molecule has 6 heteroatoms. The summed E-state index contributed by atoms with van der Waals surface area (Å²) in [5, 5.41) is 0. The monoisotopic (exact) mass is 366 g/mol. The fourth-order valence-electron chi connectivity index (χ4n) is 3.12. The van der Waals surface area contributed by atoms with E-state index in [1.54, 1.807) is 0 Å². The van der Waals surface area contributed by atoms with Gasteiger partial charge >= 0.3 is 0 Å². The SMILES string of the molecule is Cc1ccc(N(C)C)cc1.O=C1C=C(N2CC2)C(=O)C(N2CC2)=C1N1CC1. The average Bonchev–Trinajstić information content (AvgIpc) is 3.48. The number of carbonyl (C=O) groups is 2. The number of carbonyl (C=O) groups excluding carboxylic acids is 2. The molecule has 27 heavy (non-hydrogen) atoms. The second-order valence-electron chi connectivity index (χ2n) is 7.61. The minimum absolute atomic E-state index is 0.00546. The van der Waals surface area contributed by atoms with E-state index >= 15 is 0 Å². The Hall–Kier alpha value is -2.76. The van der Waals surface area contributed by atoms with Crippen molar-refractivity contribution in [3.8, 4) is 0 Å². The number of hydrogen-bond acceptors (Lipinski definition) is 6. The Balaban J connectivity index is 0.000000155. The zero-order chi connectivity index (χ0) is 19.1. The predicted octanol–water partition coefficient (Wildman–Crippen LogP) is 1.24. The van der Waals surface area contributed by atoms with Crippen LogP contribution in [0.25, 0.3) is 0 Å². The molecule has 0 bridgehead atoms. The van der Waals surface area contributed by atoms with Gasteiger partial charge in [0.15, 0.2) is 0 Å². The standard InChI is InChI=1S/C12H13N3O2.C9H13N/c16-9-7-8(13-1-2-13)12(17)11(15-5-6-15)10(9)14-3-4-14;1-8-4-6-9(7-5-8)10(2)3/h7H,1-6H2;4-7H,1-3H3. The fourth-order valence-corrected chi connectivity index (χ4v) is 3.12.